The molecular weight excluding hydrogens is 212 g/mol. The summed E-state index contributed by atoms with van der Waals surface area (Å²) in [6.07, 6.45) is 3.74. The van der Waals surface area contributed by atoms with E-state index in [4.69, 9.17) is 10.2 Å². The Morgan fingerprint density at radius 1 is 1.41 bits per heavy atom. The first-order valence-electron chi connectivity index (χ1n) is 6.71. The Morgan fingerprint density at radius 2 is 2.12 bits per heavy atom. The van der Waals surface area contributed by atoms with Crippen molar-refractivity contribution in [2.45, 2.75) is 39.2 Å². The normalized spacial score (nSPS) is 20.6. The van der Waals surface area contributed by atoms with E-state index in [-0.39, 0.29) is 0 Å². The van der Waals surface area contributed by atoms with Crippen LogP contribution in [0.3, 0.4) is 0 Å². The standard InChI is InChI=1S/C14H24N2O/c1-11-3-4-14(17-11)12(2)16-9-6-13(5-8-15)7-10-16/h3-4,12-13H,5-10,15H2,1-2H3. The van der Waals surface area contributed by atoms with Gasteiger partial charge in [-0.2, -0.15) is 0 Å². The van der Waals surface area contributed by atoms with Gasteiger partial charge in [0.05, 0.1) is 6.04 Å². The molecule has 1 unspecified atom stereocenters. The van der Waals surface area contributed by atoms with E-state index in [0.717, 1.165) is 24.0 Å². The molecule has 96 valence electrons. The third kappa shape index (κ3) is 3.11. The Balaban J connectivity index is 1.88. The van der Waals surface area contributed by atoms with Gasteiger partial charge in [0.25, 0.3) is 0 Å². The lowest BCUT2D eigenvalue weighted by Gasteiger charge is -2.35. The van der Waals surface area contributed by atoms with Crippen molar-refractivity contribution in [3.8, 4) is 0 Å². The highest BCUT2D eigenvalue weighted by Gasteiger charge is 2.24. The van der Waals surface area contributed by atoms with Gasteiger partial charge in [-0.25, -0.2) is 0 Å². The molecule has 1 fully saturated rings. The summed E-state index contributed by atoms with van der Waals surface area (Å²) in [7, 11) is 0. The fourth-order valence-corrected chi connectivity index (χ4v) is 2.72. The number of hydrogen-bond acceptors (Lipinski definition) is 3. The van der Waals surface area contributed by atoms with Crippen molar-refractivity contribution in [2.24, 2.45) is 11.7 Å². The largest absolute Gasteiger partial charge is 0.465 e. The minimum atomic E-state index is 0.405. The summed E-state index contributed by atoms with van der Waals surface area (Å²) in [5, 5.41) is 0. The predicted octanol–water partition coefficient (Wildman–Crippen LogP) is 2.71. The number of furan rings is 1. The molecule has 3 heteroatoms. The maximum Gasteiger partial charge on any atom is 0.121 e. The second kappa shape index (κ2) is 5.69. The lowest BCUT2D eigenvalue weighted by molar-refractivity contribution is 0.125. The molecule has 0 aliphatic carbocycles. The molecule has 2 rings (SSSR count). The van der Waals surface area contributed by atoms with Crippen molar-refractivity contribution in [1.29, 1.82) is 0 Å². The Hall–Kier alpha value is -0.800. The van der Waals surface area contributed by atoms with Crippen LogP contribution >= 0.6 is 0 Å². The molecule has 0 radical (unpaired) electrons. The van der Waals surface area contributed by atoms with Gasteiger partial charge in [-0.3, -0.25) is 4.90 Å². The van der Waals surface area contributed by atoms with Crippen LogP contribution in [0.25, 0.3) is 0 Å². The van der Waals surface area contributed by atoms with Crippen molar-refractivity contribution in [1.82, 2.24) is 4.90 Å². The van der Waals surface area contributed by atoms with Crippen molar-refractivity contribution in [3.05, 3.63) is 23.7 Å². The van der Waals surface area contributed by atoms with Crippen LogP contribution in [0.4, 0.5) is 0 Å². The van der Waals surface area contributed by atoms with E-state index in [1.54, 1.807) is 0 Å². The van der Waals surface area contributed by atoms with Crippen LogP contribution in [0.1, 0.15) is 43.7 Å². The summed E-state index contributed by atoms with van der Waals surface area (Å²) in [4.78, 5) is 2.52. The molecule has 1 aliphatic heterocycles. The molecule has 0 amide bonds. The van der Waals surface area contributed by atoms with Crippen LogP contribution in [-0.4, -0.2) is 24.5 Å². The zero-order valence-electron chi connectivity index (χ0n) is 11.0. The average Bonchev–Trinajstić information content (AvgIpc) is 2.76. The van der Waals surface area contributed by atoms with Gasteiger partial charge in [0.15, 0.2) is 0 Å². The topological polar surface area (TPSA) is 42.4 Å². The Kier molecular flexibility index (Phi) is 4.24. The lowest BCUT2D eigenvalue weighted by Crippen LogP contribution is -2.36. The van der Waals surface area contributed by atoms with Crippen molar-refractivity contribution < 1.29 is 4.42 Å². The lowest BCUT2D eigenvalue weighted by atomic mass is 9.93. The van der Waals surface area contributed by atoms with Gasteiger partial charge in [0.2, 0.25) is 0 Å². The average molecular weight is 236 g/mol. The van der Waals surface area contributed by atoms with E-state index in [9.17, 15) is 0 Å². The van der Waals surface area contributed by atoms with E-state index >= 15 is 0 Å². The first-order valence-corrected chi connectivity index (χ1v) is 6.71. The highest BCUT2D eigenvalue weighted by molar-refractivity contribution is 5.09. The van der Waals surface area contributed by atoms with Gasteiger partial charge in [0.1, 0.15) is 11.5 Å². The van der Waals surface area contributed by atoms with E-state index in [1.165, 1.54) is 32.4 Å². The second-order valence-electron chi connectivity index (χ2n) is 5.18. The quantitative estimate of drug-likeness (QED) is 0.874. The van der Waals surface area contributed by atoms with Crippen molar-refractivity contribution in [3.63, 3.8) is 0 Å². The third-order valence-corrected chi connectivity index (χ3v) is 3.94. The van der Waals surface area contributed by atoms with Crippen molar-refractivity contribution in [2.75, 3.05) is 19.6 Å². The summed E-state index contributed by atoms with van der Waals surface area (Å²) in [5.41, 5.74) is 5.62. The van der Waals surface area contributed by atoms with E-state index in [1.807, 2.05) is 13.0 Å². The highest BCUT2D eigenvalue weighted by atomic mass is 16.3. The number of piperidine rings is 1. The van der Waals surface area contributed by atoms with Crippen LogP contribution in [0.15, 0.2) is 16.5 Å². The number of nitrogens with two attached hydrogens (primary N) is 1. The fraction of sp³-hybridized carbons (Fsp3) is 0.714. The number of hydrogen-bond donors (Lipinski definition) is 1. The third-order valence-electron chi connectivity index (χ3n) is 3.94. The molecule has 1 saturated heterocycles. The number of nitrogens with zero attached hydrogens (tertiary/aromatic N) is 1. The highest BCUT2D eigenvalue weighted by Crippen LogP contribution is 2.28. The van der Waals surface area contributed by atoms with Gasteiger partial charge in [0, 0.05) is 0 Å². The Labute approximate surface area is 104 Å². The summed E-state index contributed by atoms with van der Waals surface area (Å²) in [6, 6.07) is 4.56. The van der Waals surface area contributed by atoms with Gasteiger partial charge < -0.3 is 10.2 Å². The van der Waals surface area contributed by atoms with E-state index < -0.39 is 0 Å². The molecule has 0 spiro atoms. The first kappa shape index (κ1) is 12.7. The first-order chi connectivity index (χ1) is 8.20. The van der Waals surface area contributed by atoms with Crippen LogP contribution in [0.2, 0.25) is 0 Å². The van der Waals surface area contributed by atoms with Gasteiger partial charge in [-0.1, -0.05) is 0 Å². The number of aryl methyl sites for hydroxylation is 1. The van der Waals surface area contributed by atoms with Crippen molar-refractivity contribution >= 4 is 0 Å². The summed E-state index contributed by atoms with van der Waals surface area (Å²) in [6.45, 7) is 7.42. The van der Waals surface area contributed by atoms with Crippen LogP contribution in [0.5, 0.6) is 0 Å². The molecule has 2 N–H and O–H groups in total. The van der Waals surface area contributed by atoms with Crippen LogP contribution in [0, 0.1) is 12.8 Å². The zero-order valence-corrected chi connectivity index (χ0v) is 11.0. The van der Waals surface area contributed by atoms with Gasteiger partial charge in [-0.05, 0) is 70.8 Å². The smallest absolute Gasteiger partial charge is 0.121 e. The minimum Gasteiger partial charge on any atom is -0.465 e. The minimum absolute atomic E-state index is 0.405. The van der Waals surface area contributed by atoms with E-state index in [2.05, 4.69) is 17.9 Å². The zero-order chi connectivity index (χ0) is 12.3. The number of rotatable bonds is 4. The summed E-state index contributed by atoms with van der Waals surface area (Å²) >= 11 is 0. The van der Waals surface area contributed by atoms with Gasteiger partial charge >= 0.3 is 0 Å². The fourth-order valence-electron chi connectivity index (χ4n) is 2.72. The second-order valence-corrected chi connectivity index (χ2v) is 5.18. The predicted molar refractivity (Wildman–Crippen MR) is 69.8 cm³/mol. The number of likely N-dealkylation sites (tertiary alicyclic amines) is 1. The Bertz CT molecular complexity index is 340. The molecule has 2 heterocycles. The molecule has 1 atom stereocenters. The molecule has 3 nitrogen and oxygen atoms in total. The monoisotopic (exact) mass is 236 g/mol. The molecule has 1 aliphatic rings. The summed E-state index contributed by atoms with van der Waals surface area (Å²) in [5.74, 6) is 2.94. The molecule has 1 aromatic heterocycles. The van der Waals surface area contributed by atoms with Crippen LogP contribution < -0.4 is 5.73 Å². The van der Waals surface area contributed by atoms with E-state index in [0.29, 0.717) is 6.04 Å². The molecule has 0 saturated carbocycles. The SMILES string of the molecule is Cc1ccc(C(C)N2CCC(CCN)CC2)o1. The molecule has 0 bridgehead atoms. The maximum absolute atomic E-state index is 5.71. The molecular formula is C14H24N2O. The molecule has 17 heavy (non-hydrogen) atoms. The molecule has 0 aromatic carbocycles. The molecule has 1 aromatic rings. The van der Waals surface area contributed by atoms with Crippen LogP contribution in [-0.2, 0) is 0 Å². The van der Waals surface area contributed by atoms with Gasteiger partial charge in [-0.15, -0.1) is 0 Å². The maximum atomic E-state index is 5.71. The Morgan fingerprint density at radius 3 is 2.65 bits per heavy atom. The summed E-state index contributed by atoms with van der Waals surface area (Å²) < 4.78 is 5.71.